The molecule has 1 aliphatic rings. The Balaban J connectivity index is 2.00. The van der Waals surface area contributed by atoms with Crippen molar-refractivity contribution in [2.24, 2.45) is 0 Å². The Labute approximate surface area is 101 Å². The van der Waals surface area contributed by atoms with Crippen LogP contribution in [0.1, 0.15) is 52.4 Å². The standard InChI is InChI=1S/C14H26N2/c1-3-5-6-7-8-9-10-16-13-11-15(4-2)12-14-16/h11-14H,3-10H2,1-2H3. The molecule has 0 fully saturated rings. The fraction of sp³-hybridized carbons (Fsp3) is 0.714. The molecule has 0 saturated carbocycles. The molecule has 0 spiro atoms. The van der Waals surface area contributed by atoms with E-state index in [1.54, 1.807) is 0 Å². The molecule has 0 unspecified atom stereocenters. The van der Waals surface area contributed by atoms with Gasteiger partial charge in [-0.3, -0.25) is 0 Å². The normalized spacial score (nSPS) is 14.9. The zero-order chi connectivity index (χ0) is 11.6. The molecule has 0 bridgehead atoms. The molecule has 0 saturated heterocycles. The summed E-state index contributed by atoms with van der Waals surface area (Å²) in [6.07, 6.45) is 16.9. The molecule has 92 valence electrons. The molecule has 2 nitrogen and oxygen atoms in total. The van der Waals surface area contributed by atoms with E-state index in [0.717, 1.165) is 13.1 Å². The summed E-state index contributed by atoms with van der Waals surface area (Å²) in [6, 6.07) is 0. The van der Waals surface area contributed by atoms with Gasteiger partial charge in [0.2, 0.25) is 0 Å². The number of hydrogen-bond acceptors (Lipinski definition) is 2. The van der Waals surface area contributed by atoms with Gasteiger partial charge in [-0.1, -0.05) is 39.0 Å². The van der Waals surface area contributed by atoms with Gasteiger partial charge in [-0.25, -0.2) is 0 Å². The first kappa shape index (κ1) is 13.1. The second-order valence-electron chi connectivity index (χ2n) is 4.43. The van der Waals surface area contributed by atoms with Crippen LogP contribution in [0.4, 0.5) is 0 Å². The van der Waals surface area contributed by atoms with Crippen molar-refractivity contribution in [3.63, 3.8) is 0 Å². The monoisotopic (exact) mass is 222 g/mol. The molecule has 0 amide bonds. The lowest BCUT2D eigenvalue weighted by atomic mass is 10.1. The van der Waals surface area contributed by atoms with Gasteiger partial charge in [-0.15, -0.1) is 0 Å². The first-order chi connectivity index (χ1) is 7.86. The molecule has 0 N–H and O–H groups in total. The van der Waals surface area contributed by atoms with Gasteiger partial charge < -0.3 is 9.80 Å². The molecule has 0 aromatic rings. The second-order valence-corrected chi connectivity index (χ2v) is 4.43. The van der Waals surface area contributed by atoms with Gasteiger partial charge in [0.05, 0.1) is 0 Å². The van der Waals surface area contributed by atoms with Crippen LogP contribution < -0.4 is 0 Å². The Hall–Kier alpha value is -0.920. The van der Waals surface area contributed by atoms with Crippen LogP contribution in [0.25, 0.3) is 0 Å². The van der Waals surface area contributed by atoms with E-state index in [1.807, 2.05) is 0 Å². The van der Waals surface area contributed by atoms with Crippen LogP contribution in [0.3, 0.4) is 0 Å². The SMILES string of the molecule is CCCCCCCCN1C=CN(CC)C=C1. The average Bonchev–Trinajstić information content (AvgIpc) is 2.34. The van der Waals surface area contributed by atoms with Crippen molar-refractivity contribution in [2.75, 3.05) is 13.1 Å². The number of nitrogens with zero attached hydrogens (tertiary/aromatic N) is 2. The van der Waals surface area contributed by atoms with Gasteiger partial charge in [-0.05, 0) is 13.3 Å². The maximum atomic E-state index is 2.28. The lowest BCUT2D eigenvalue weighted by molar-refractivity contribution is 0.416. The predicted molar refractivity (Wildman–Crippen MR) is 70.7 cm³/mol. The van der Waals surface area contributed by atoms with Gasteiger partial charge >= 0.3 is 0 Å². The highest BCUT2D eigenvalue weighted by Crippen LogP contribution is 2.09. The Bertz CT molecular complexity index is 207. The van der Waals surface area contributed by atoms with E-state index in [4.69, 9.17) is 0 Å². The maximum absolute atomic E-state index is 2.28. The van der Waals surface area contributed by atoms with Crippen LogP contribution >= 0.6 is 0 Å². The summed E-state index contributed by atoms with van der Waals surface area (Å²) in [6.45, 7) is 6.65. The van der Waals surface area contributed by atoms with Gasteiger partial charge in [0, 0.05) is 37.9 Å². The lowest BCUT2D eigenvalue weighted by Crippen LogP contribution is -2.20. The summed E-state index contributed by atoms with van der Waals surface area (Å²) >= 11 is 0. The van der Waals surface area contributed by atoms with Crippen LogP contribution in [0.15, 0.2) is 24.8 Å². The molecule has 16 heavy (non-hydrogen) atoms. The summed E-state index contributed by atoms with van der Waals surface area (Å²) in [5.74, 6) is 0. The Morgan fingerprint density at radius 2 is 1.25 bits per heavy atom. The first-order valence-electron chi connectivity index (χ1n) is 6.75. The predicted octanol–water partition coefficient (Wildman–Crippen LogP) is 3.93. The minimum atomic E-state index is 1.05. The van der Waals surface area contributed by atoms with Crippen LogP contribution in [0.2, 0.25) is 0 Å². The smallest absolute Gasteiger partial charge is 0.0220 e. The third kappa shape index (κ3) is 5.24. The third-order valence-corrected chi connectivity index (χ3v) is 3.03. The third-order valence-electron chi connectivity index (χ3n) is 3.03. The Kier molecular flexibility index (Phi) is 6.78. The van der Waals surface area contributed by atoms with Crippen LogP contribution in [-0.2, 0) is 0 Å². The molecule has 0 radical (unpaired) electrons. The minimum absolute atomic E-state index is 1.05. The van der Waals surface area contributed by atoms with Gasteiger partial charge in [0.1, 0.15) is 0 Å². The van der Waals surface area contributed by atoms with Crippen LogP contribution in [-0.4, -0.2) is 22.9 Å². The number of hydrogen-bond donors (Lipinski definition) is 0. The highest BCUT2D eigenvalue weighted by atomic mass is 15.2. The van der Waals surface area contributed by atoms with E-state index in [0.29, 0.717) is 0 Å². The minimum Gasteiger partial charge on any atom is -0.352 e. The zero-order valence-corrected chi connectivity index (χ0v) is 10.9. The summed E-state index contributed by atoms with van der Waals surface area (Å²) < 4.78 is 0. The summed E-state index contributed by atoms with van der Waals surface area (Å²) in [5.41, 5.74) is 0. The topological polar surface area (TPSA) is 6.48 Å². The van der Waals surface area contributed by atoms with Gasteiger partial charge in [0.25, 0.3) is 0 Å². The van der Waals surface area contributed by atoms with Gasteiger partial charge in [0.15, 0.2) is 0 Å². The number of rotatable bonds is 8. The first-order valence-corrected chi connectivity index (χ1v) is 6.75. The van der Waals surface area contributed by atoms with E-state index in [-0.39, 0.29) is 0 Å². The van der Waals surface area contributed by atoms with Crippen molar-refractivity contribution in [3.05, 3.63) is 24.8 Å². The summed E-state index contributed by atoms with van der Waals surface area (Å²) in [7, 11) is 0. The molecule has 0 aromatic heterocycles. The van der Waals surface area contributed by atoms with E-state index in [2.05, 4.69) is 48.4 Å². The van der Waals surface area contributed by atoms with E-state index in [1.165, 1.54) is 38.5 Å². The molecule has 1 aliphatic heterocycles. The molecule has 1 heterocycles. The largest absolute Gasteiger partial charge is 0.352 e. The molecule has 0 aliphatic carbocycles. The molecular formula is C14H26N2. The zero-order valence-electron chi connectivity index (χ0n) is 10.9. The van der Waals surface area contributed by atoms with E-state index >= 15 is 0 Å². The fourth-order valence-corrected chi connectivity index (χ4v) is 1.88. The molecule has 0 aromatic carbocycles. The fourth-order valence-electron chi connectivity index (χ4n) is 1.88. The highest BCUT2D eigenvalue weighted by Gasteiger charge is 2.01. The van der Waals surface area contributed by atoms with Crippen molar-refractivity contribution >= 4 is 0 Å². The lowest BCUT2D eigenvalue weighted by Gasteiger charge is -2.23. The Morgan fingerprint density at radius 3 is 1.88 bits per heavy atom. The molecular weight excluding hydrogens is 196 g/mol. The number of unbranched alkanes of at least 4 members (excludes halogenated alkanes) is 5. The van der Waals surface area contributed by atoms with Crippen LogP contribution in [0, 0.1) is 0 Å². The average molecular weight is 222 g/mol. The summed E-state index contributed by atoms with van der Waals surface area (Å²) in [4.78, 5) is 4.48. The maximum Gasteiger partial charge on any atom is 0.0220 e. The van der Waals surface area contributed by atoms with Crippen molar-refractivity contribution in [1.29, 1.82) is 0 Å². The summed E-state index contributed by atoms with van der Waals surface area (Å²) in [5, 5.41) is 0. The van der Waals surface area contributed by atoms with Crippen LogP contribution in [0.5, 0.6) is 0 Å². The van der Waals surface area contributed by atoms with E-state index < -0.39 is 0 Å². The quantitative estimate of drug-likeness (QED) is 0.574. The highest BCUT2D eigenvalue weighted by molar-refractivity contribution is 5.00. The Morgan fingerprint density at radius 1 is 0.688 bits per heavy atom. The molecule has 1 rings (SSSR count). The van der Waals surface area contributed by atoms with Crippen molar-refractivity contribution in [3.8, 4) is 0 Å². The van der Waals surface area contributed by atoms with Crippen molar-refractivity contribution in [2.45, 2.75) is 52.4 Å². The van der Waals surface area contributed by atoms with Crippen molar-refractivity contribution < 1.29 is 0 Å². The molecule has 2 heteroatoms. The van der Waals surface area contributed by atoms with Crippen molar-refractivity contribution in [1.82, 2.24) is 9.80 Å². The molecule has 0 atom stereocenters. The van der Waals surface area contributed by atoms with Gasteiger partial charge in [-0.2, -0.15) is 0 Å². The van der Waals surface area contributed by atoms with E-state index in [9.17, 15) is 0 Å². The second kappa shape index (κ2) is 8.26.